The number of aromatic nitrogens is 1. The van der Waals surface area contributed by atoms with Crippen molar-refractivity contribution >= 4 is 23.3 Å². The van der Waals surface area contributed by atoms with Gasteiger partial charge in [0.2, 0.25) is 0 Å². The van der Waals surface area contributed by atoms with Crippen LogP contribution < -0.4 is 5.32 Å². The van der Waals surface area contributed by atoms with Gasteiger partial charge in [-0.25, -0.2) is 4.79 Å². The van der Waals surface area contributed by atoms with E-state index in [9.17, 15) is 4.79 Å². The minimum Gasteiger partial charge on any atom is -0.379 e. The maximum Gasteiger partial charge on any atom is 0.322 e. The monoisotopic (exact) mass is 361 g/mol. The zero-order valence-electron chi connectivity index (χ0n) is 14.6. The number of hydrogen-bond donors (Lipinski definition) is 1. The van der Waals surface area contributed by atoms with Crippen molar-refractivity contribution in [1.29, 1.82) is 0 Å². The third-order valence-corrected chi connectivity index (χ3v) is 3.72. The highest BCUT2D eigenvalue weighted by Crippen LogP contribution is 2.16. The van der Waals surface area contributed by atoms with Gasteiger partial charge in [-0.1, -0.05) is 23.7 Å². The van der Waals surface area contributed by atoms with Crippen LogP contribution in [0.4, 0.5) is 10.5 Å². The molecule has 0 aliphatic rings. The fraction of sp³-hybridized carbons (Fsp3) is 0.368. The molecule has 0 bridgehead atoms. The summed E-state index contributed by atoms with van der Waals surface area (Å²) >= 11 is 5.98. The first-order valence-electron chi connectivity index (χ1n) is 8.36. The van der Waals surface area contributed by atoms with Crippen molar-refractivity contribution in [3.05, 3.63) is 59.4 Å². The third-order valence-electron chi connectivity index (χ3n) is 3.48. The lowest BCUT2D eigenvalue weighted by molar-refractivity contribution is 0.0725. The van der Waals surface area contributed by atoms with E-state index in [1.807, 2.05) is 32.0 Å². The number of halogens is 1. The molecule has 0 saturated heterocycles. The van der Waals surface area contributed by atoms with E-state index in [2.05, 4.69) is 10.3 Å². The molecule has 6 heteroatoms. The maximum atomic E-state index is 12.7. The van der Waals surface area contributed by atoms with Crippen molar-refractivity contribution in [2.24, 2.45) is 0 Å². The number of rotatable bonds is 8. The van der Waals surface area contributed by atoms with Crippen LogP contribution in [-0.4, -0.2) is 35.2 Å². The van der Waals surface area contributed by atoms with E-state index in [4.69, 9.17) is 16.3 Å². The van der Waals surface area contributed by atoms with Gasteiger partial charge in [0.05, 0.1) is 6.10 Å². The molecule has 0 atom stereocenters. The Morgan fingerprint density at radius 2 is 2.16 bits per heavy atom. The van der Waals surface area contributed by atoms with Crippen LogP contribution in [0.5, 0.6) is 0 Å². The Morgan fingerprint density at radius 3 is 2.84 bits per heavy atom. The molecule has 0 fully saturated rings. The largest absolute Gasteiger partial charge is 0.379 e. The first-order chi connectivity index (χ1) is 12.0. The third kappa shape index (κ3) is 7.11. The molecule has 0 radical (unpaired) electrons. The predicted molar refractivity (Wildman–Crippen MR) is 101 cm³/mol. The molecule has 0 saturated carbocycles. The molecule has 2 amide bonds. The number of benzene rings is 1. The summed E-state index contributed by atoms with van der Waals surface area (Å²) in [6, 6.07) is 10.8. The number of carbonyl (C=O) groups is 1. The molecule has 5 nitrogen and oxygen atoms in total. The summed E-state index contributed by atoms with van der Waals surface area (Å²) in [5, 5.41) is 3.48. The molecule has 0 spiro atoms. The number of nitrogens with one attached hydrogen (secondary N) is 1. The van der Waals surface area contributed by atoms with Crippen molar-refractivity contribution in [3.63, 3.8) is 0 Å². The second-order valence-corrected chi connectivity index (χ2v) is 6.43. The van der Waals surface area contributed by atoms with Crippen LogP contribution in [0, 0.1) is 0 Å². The molecule has 0 unspecified atom stereocenters. The zero-order valence-corrected chi connectivity index (χ0v) is 15.4. The molecule has 1 aromatic heterocycles. The lowest BCUT2D eigenvalue weighted by Crippen LogP contribution is -2.35. The Balaban J connectivity index is 2.00. The number of nitrogens with zero attached hydrogens (tertiary/aromatic N) is 2. The minimum atomic E-state index is -0.171. The van der Waals surface area contributed by atoms with E-state index in [1.54, 1.807) is 35.5 Å². The molecular formula is C19H24ClN3O2. The van der Waals surface area contributed by atoms with E-state index >= 15 is 0 Å². The summed E-state index contributed by atoms with van der Waals surface area (Å²) in [5.41, 5.74) is 1.65. The Hall–Kier alpha value is -2.11. The zero-order chi connectivity index (χ0) is 18.1. The minimum absolute atomic E-state index is 0.171. The lowest BCUT2D eigenvalue weighted by atomic mass is 10.2. The number of ether oxygens (including phenoxy) is 1. The van der Waals surface area contributed by atoms with Crippen molar-refractivity contribution in [3.8, 4) is 0 Å². The van der Waals surface area contributed by atoms with Crippen molar-refractivity contribution in [1.82, 2.24) is 9.88 Å². The quantitative estimate of drug-likeness (QED) is 0.700. The van der Waals surface area contributed by atoms with Gasteiger partial charge in [-0.2, -0.15) is 0 Å². The van der Waals surface area contributed by atoms with Gasteiger partial charge in [0.1, 0.15) is 0 Å². The number of hydrogen-bond acceptors (Lipinski definition) is 3. The van der Waals surface area contributed by atoms with Crippen LogP contribution in [0.15, 0.2) is 48.8 Å². The summed E-state index contributed by atoms with van der Waals surface area (Å²) in [7, 11) is 0. The fourth-order valence-corrected chi connectivity index (χ4v) is 2.50. The maximum absolute atomic E-state index is 12.7. The summed E-state index contributed by atoms with van der Waals surface area (Å²) < 4.78 is 5.57. The van der Waals surface area contributed by atoms with Crippen molar-refractivity contribution < 1.29 is 9.53 Å². The van der Waals surface area contributed by atoms with Gasteiger partial charge in [-0.15, -0.1) is 0 Å². The smallest absolute Gasteiger partial charge is 0.322 e. The Bertz CT molecular complexity index is 665. The van der Waals surface area contributed by atoms with E-state index in [0.717, 1.165) is 12.0 Å². The predicted octanol–water partition coefficient (Wildman–Crippen LogP) is 4.58. The van der Waals surface area contributed by atoms with Crippen LogP contribution in [0.2, 0.25) is 5.02 Å². The average molecular weight is 362 g/mol. The first-order valence-corrected chi connectivity index (χ1v) is 8.74. The molecule has 0 aliphatic carbocycles. The van der Waals surface area contributed by atoms with Gasteiger partial charge in [0.25, 0.3) is 0 Å². The van der Waals surface area contributed by atoms with E-state index in [-0.39, 0.29) is 12.1 Å². The van der Waals surface area contributed by atoms with E-state index in [1.165, 1.54) is 0 Å². The normalized spacial score (nSPS) is 10.7. The number of urea groups is 1. The second kappa shape index (κ2) is 10.0. The van der Waals surface area contributed by atoms with Gasteiger partial charge < -0.3 is 15.0 Å². The number of carbonyl (C=O) groups excluding carboxylic acids is 1. The SMILES string of the molecule is CC(C)OCCCN(Cc1cccnc1)C(=O)Nc1cccc(Cl)c1. The van der Waals surface area contributed by atoms with Crippen LogP contribution in [-0.2, 0) is 11.3 Å². The lowest BCUT2D eigenvalue weighted by Gasteiger charge is -2.23. The second-order valence-electron chi connectivity index (χ2n) is 6.00. The van der Waals surface area contributed by atoms with Gasteiger partial charge >= 0.3 is 6.03 Å². The highest BCUT2D eigenvalue weighted by atomic mass is 35.5. The van der Waals surface area contributed by atoms with Crippen LogP contribution in [0.3, 0.4) is 0 Å². The Kier molecular flexibility index (Phi) is 7.70. The van der Waals surface area contributed by atoms with Crippen LogP contribution >= 0.6 is 11.6 Å². The number of amides is 2. The number of pyridine rings is 1. The summed E-state index contributed by atoms with van der Waals surface area (Å²) in [5.74, 6) is 0. The Morgan fingerprint density at radius 1 is 1.32 bits per heavy atom. The highest BCUT2D eigenvalue weighted by Gasteiger charge is 2.14. The topological polar surface area (TPSA) is 54.5 Å². The van der Waals surface area contributed by atoms with E-state index < -0.39 is 0 Å². The van der Waals surface area contributed by atoms with Crippen molar-refractivity contribution in [2.75, 3.05) is 18.5 Å². The van der Waals surface area contributed by atoms with Gasteiger partial charge in [0.15, 0.2) is 0 Å². The highest BCUT2D eigenvalue weighted by molar-refractivity contribution is 6.30. The molecule has 1 N–H and O–H groups in total. The molecule has 25 heavy (non-hydrogen) atoms. The van der Waals surface area contributed by atoms with Crippen molar-refractivity contribution in [2.45, 2.75) is 32.9 Å². The summed E-state index contributed by atoms with van der Waals surface area (Å²) in [6.45, 7) is 5.69. The molecule has 2 aromatic rings. The summed E-state index contributed by atoms with van der Waals surface area (Å²) in [4.78, 5) is 18.5. The molecule has 134 valence electrons. The average Bonchev–Trinajstić information content (AvgIpc) is 2.58. The molecular weight excluding hydrogens is 338 g/mol. The van der Waals surface area contributed by atoms with Gasteiger partial charge in [-0.3, -0.25) is 4.98 Å². The summed E-state index contributed by atoms with van der Waals surface area (Å²) in [6.07, 6.45) is 4.44. The first kappa shape index (κ1) is 19.2. The van der Waals surface area contributed by atoms with Gasteiger partial charge in [-0.05, 0) is 50.1 Å². The Labute approximate surface area is 154 Å². The van der Waals surface area contributed by atoms with Gasteiger partial charge in [0, 0.05) is 42.8 Å². The number of anilines is 1. The van der Waals surface area contributed by atoms with Crippen LogP contribution in [0.25, 0.3) is 0 Å². The molecule has 0 aliphatic heterocycles. The molecule has 1 heterocycles. The molecule has 1 aromatic carbocycles. The van der Waals surface area contributed by atoms with E-state index in [0.29, 0.717) is 30.4 Å². The fourth-order valence-electron chi connectivity index (χ4n) is 2.31. The molecule has 2 rings (SSSR count). The van der Waals surface area contributed by atoms with Crippen LogP contribution in [0.1, 0.15) is 25.8 Å². The standard InChI is InChI=1S/C19H24ClN3O2/c1-15(2)25-11-5-10-23(14-16-6-4-9-21-13-16)19(24)22-18-8-3-7-17(20)12-18/h3-4,6-9,12-13,15H,5,10-11,14H2,1-2H3,(H,22,24).